The normalized spacial score (nSPS) is 10.8. The van der Waals surface area contributed by atoms with E-state index in [-0.39, 0.29) is 11.7 Å². The van der Waals surface area contributed by atoms with Gasteiger partial charge in [0.1, 0.15) is 0 Å². The van der Waals surface area contributed by atoms with E-state index in [0.717, 1.165) is 30.0 Å². The van der Waals surface area contributed by atoms with E-state index in [0.29, 0.717) is 11.7 Å². The molecule has 0 aliphatic carbocycles. The largest absolute Gasteiger partial charge is 0.355 e. The summed E-state index contributed by atoms with van der Waals surface area (Å²) in [5.74, 6) is 1.01. The molecule has 0 saturated carbocycles. The average molecular weight is 419 g/mol. The molecule has 0 spiro atoms. The minimum Gasteiger partial charge on any atom is -0.355 e. The Kier molecular flexibility index (Phi) is 6.56. The monoisotopic (exact) mass is 418 g/mol. The highest BCUT2D eigenvalue weighted by atomic mass is 32.2. The SMILES string of the molecule is O=C(CSc1nnc(-c2ccccc2)n1-c1ccccc1)NCCCn1cccn1. The summed E-state index contributed by atoms with van der Waals surface area (Å²) < 4.78 is 3.85. The van der Waals surface area contributed by atoms with Gasteiger partial charge in [-0.2, -0.15) is 5.10 Å². The van der Waals surface area contributed by atoms with Crippen LogP contribution in [-0.4, -0.2) is 42.7 Å². The lowest BCUT2D eigenvalue weighted by atomic mass is 10.2. The Morgan fingerprint density at radius 1 is 0.967 bits per heavy atom. The molecular weight excluding hydrogens is 396 g/mol. The molecule has 4 rings (SSSR count). The molecule has 7 nitrogen and oxygen atoms in total. The standard InChI is InChI=1S/C22H22N6OS/c29-20(23-13-7-15-27-16-8-14-24-27)17-30-22-26-25-21(18-9-3-1-4-10-18)28(22)19-11-5-2-6-12-19/h1-6,8-12,14,16H,7,13,15,17H2,(H,23,29). The Bertz CT molecular complexity index is 1060. The third-order valence-electron chi connectivity index (χ3n) is 4.46. The molecule has 0 fully saturated rings. The Morgan fingerprint density at radius 3 is 2.47 bits per heavy atom. The van der Waals surface area contributed by atoms with Crippen molar-refractivity contribution in [1.29, 1.82) is 0 Å². The molecule has 2 aromatic heterocycles. The van der Waals surface area contributed by atoms with Gasteiger partial charge < -0.3 is 5.32 Å². The van der Waals surface area contributed by atoms with Gasteiger partial charge in [0.2, 0.25) is 5.91 Å². The quantitative estimate of drug-likeness (QED) is 0.333. The van der Waals surface area contributed by atoms with Gasteiger partial charge in [0.25, 0.3) is 0 Å². The van der Waals surface area contributed by atoms with Gasteiger partial charge in [0, 0.05) is 36.7 Å². The van der Waals surface area contributed by atoms with Crippen LogP contribution in [0.3, 0.4) is 0 Å². The fraction of sp³-hybridized carbons (Fsp3) is 0.182. The molecule has 2 heterocycles. The molecule has 4 aromatic rings. The van der Waals surface area contributed by atoms with E-state index in [2.05, 4.69) is 20.6 Å². The summed E-state index contributed by atoms with van der Waals surface area (Å²) in [4.78, 5) is 12.3. The number of rotatable bonds is 9. The van der Waals surface area contributed by atoms with E-state index in [9.17, 15) is 4.79 Å². The summed E-state index contributed by atoms with van der Waals surface area (Å²) in [7, 11) is 0. The number of aryl methyl sites for hydroxylation is 1. The Morgan fingerprint density at radius 2 is 1.73 bits per heavy atom. The molecule has 0 atom stereocenters. The van der Waals surface area contributed by atoms with Crippen molar-refractivity contribution in [1.82, 2.24) is 29.9 Å². The molecule has 1 amide bonds. The van der Waals surface area contributed by atoms with Crippen molar-refractivity contribution in [2.75, 3.05) is 12.3 Å². The maximum Gasteiger partial charge on any atom is 0.230 e. The van der Waals surface area contributed by atoms with E-state index in [1.54, 1.807) is 6.20 Å². The molecule has 2 aromatic carbocycles. The van der Waals surface area contributed by atoms with Gasteiger partial charge in [-0.3, -0.25) is 14.0 Å². The van der Waals surface area contributed by atoms with Crippen molar-refractivity contribution in [3.05, 3.63) is 79.1 Å². The highest BCUT2D eigenvalue weighted by Crippen LogP contribution is 2.27. The van der Waals surface area contributed by atoms with Crippen molar-refractivity contribution in [2.24, 2.45) is 0 Å². The van der Waals surface area contributed by atoms with Gasteiger partial charge in [-0.15, -0.1) is 10.2 Å². The van der Waals surface area contributed by atoms with Crippen LogP contribution in [0.25, 0.3) is 17.1 Å². The van der Waals surface area contributed by atoms with E-state index in [1.165, 1.54) is 11.8 Å². The first-order chi connectivity index (χ1) is 14.8. The minimum absolute atomic E-state index is 0.0238. The zero-order valence-electron chi connectivity index (χ0n) is 16.4. The molecule has 0 aliphatic heterocycles. The molecule has 0 bridgehead atoms. The van der Waals surface area contributed by atoms with Crippen LogP contribution in [0.2, 0.25) is 0 Å². The second kappa shape index (κ2) is 9.89. The summed E-state index contributed by atoms with van der Waals surface area (Å²) in [6.45, 7) is 1.39. The number of thioether (sulfide) groups is 1. The number of aromatic nitrogens is 5. The maximum absolute atomic E-state index is 12.3. The minimum atomic E-state index is -0.0238. The predicted octanol–water partition coefficient (Wildman–Crippen LogP) is 3.43. The third kappa shape index (κ3) is 4.96. The third-order valence-corrected chi connectivity index (χ3v) is 5.39. The van der Waals surface area contributed by atoms with Crippen LogP contribution in [0.1, 0.15) is 6.42 Å². The molecule has 152 valence electrons. The Balaban J connectivity index is 1.41. The second-order valence-electron chi connectivity index (χ2n) is 6.60. The lowest BCUT2D eigenvalue weighted by Crippen LogP contribution is -2.27. The van der Waals surface area contributed by atoms with Crippen LogP contribution in [0.5, 0.6) is 0 Å². The fourth-order valence-corrected chi connectivity index (χ4v) is 3.81. The number of para-hydroxylation sites is 1. The number of amides is 1. The van der Waals surface area contributed by atoms with Crippen molar-refractivity contribution in [3.8, 4) is 17.1 Å². The Labute approximate surface area is 179 Å². The van der Waals surface area contributed by atoms with Crippen LogP contribution >= 0.6 is 11.8 Å². The lowest BCUT2D eigenvalue weighted by Gasteiger charge is -2.10. The van der Waals surface area contributed by atoms with Gasteiger partial charge in [0.05, 0.1) is 5.75 Å². The zero-order chi connectivity index (χ0) is 20.6. The summed E-state index contributed by atoms with van der Waals surface area (Å²) in [5.41, 5.74) is 1.94. The summed E-state index contributed by atoms with van der Waals surface area (Å²) >= 11 is 1.38. The van der Waals surface area contributed by atoms with Crippen molar-refractivity contribution < 1.29 is 4.79 Å². The van der Waals surface area contributed by atoms with Gasteiger partial charge in [0.15, 0.2) is 11.0 Å². The van der Waals surface area contributed by atoms with Crippen LogP contribution in [0.15, 0.2) is 84.3 Å². The molecule has 0 saturated heterocycles. The van der Waals surface area contributed by atoms with Crippen LogP contribution in [-0.2, 0) is 11.3 Å². The molecular formula is C22H22N6OS. The predicted molar refractivity (Wildman–Crippen MR) is 117 cm³/mol. The second-order valence-corrected chi connectivity index (χ2v) is 7.55. The summed E-state index contributed by atoms with van der Waals surface area (Å²) in [6.07, 6.45) is 4.50. The smallest absolute Gasteiger partial charge is 0.230 e. The van der Waals surface area contributed by atoms with Gasteiger partial charge in [-0.25, -0.2) is 0 Å². The number of hydrogen-bond donors (Lipinski definition) is 1. The van der Waals surface area contributed by atoms with Crippen LogP contribution in [0, 0.1) is 0 Å². The fourth-order valence-electron chi connectivity index (χ4n) is 3.03. The van der Waals surface area contributed by atoms with E-state index in [4.69, 9.17) is 0 Å². The number of carbonyl (C=O) groups excluding carboxylic acids is 1. The number of carbonyl (C=O) groups is 1. The molecule has 0 unspecified atom stereocenters. The first-order valence-electron chi connectivity index (χ1n) is 9.74. The molecule has 1 N–H and O–H groups in total. The number of hydrogen-bond acceptors (Lipinski definition) is 5. The Hall–Kier alpha value is -3.39. The maximum atomic E-state index is 12.3. The summed E-state index contributed by atoms with van der Waals surface area (Å²) in [5, 5.41) is 16.5. The van der Waals surface area contributed by atoms with Gasteiger partial charge in [-0.1, -0.05) is 60.3 Å². The topological polar surface area (TPSA) is 77.6 Å². The van der Waals surface area contributed by atoms with Gasteiger partial charge in [-0.05, 0) is 24.6 Å². The van der Waals surface area contributed by atoms with Gasteiger partial charge >= 0.3 is 0 Å². The number of benzene rings is 2. The van der Waals surface area contributed by atoms with Crippen molar-refractivity contribution in [3.63, 3.8) is 0 Å². The molecule has 8 heteroatoms. The number of nitrogens with zero attached hydrogens (tertiary/aromatic N) is 5. The average Bonchev–Trinajstić information content (AvgIpc) is 3.46. The van der Waals surface area contributed by atoms with E-state index in [1.807, 2.05) is 82.2 Å². The number of nitrogens with one attached hydrogen (secondary N) is 1. The highest BCUT2D eigenvalue weighted by molar-refractivity contribution is 7.99. The van der Waals surface area contributed by atoms with Crippen molar-refractivity contribution in [2.45, 2.75) is 18.1 Å². The highest BCUT2D eigenvalue weighted by Gasteiger charge is 2.16. The first-order valence-corrected chi connectivity index (χ1v) is 10.7. The van der Waals surface area contributed by atoms with Crippen LogP contribution in [0.4, 0.5) is 0 Å². The molecule has 0 aliphatic rings. The summed E-state index contributed by atoms with van der Waals surface area (Å²) in [6, 6.07) is 21.8. The molecule has 0 radical (unpaired) electrons. The van der Waals surface area contributed by atoms with E-state index < -0.39 is 0 Å². The van der Waals surface area contributed by atoms with E-state index >= 15 is 0 Å². The molecule has 30 heavy (non-hydrogen) atoms. The lowest BCUT2D eigenvalue weighted by molar-refractivity contribution is -0.118. The van der Waals surface area contributed by atoms with Crippen LogP contribution < -0.4 is 5.32 Å². The van der Waals surface area contributed by atoms with Crippen molar-refractivity contribution >= 4 is 17.7 Å². The first kappa shape index (κ1) is 19.9. The zero-order valence-corrected chi connectivity index (χ0v) is 17.2.